The predicted molar refractivity (Wildman–Crippen MR) is 53.0 cm³/mol. The van der Waals surface area contributed by atoms with Gasteiger partial charge in [-0.3, -0.25) is 4.79 Å². The molecular formula is C10H8ClF3O2. The molecule has 1 aromatic rings. The third-order valence-electron chi connectivity index (χ3n) is 1.83. The highest BCUT2D eigenvalue weighted by atomic mass is 35.5. The first-order valence-corrected chi connectivity index (χ1v) is 4.65. The molecule has 16 heavy (non-hydrogen) atoms. The van der Waals surface area contributed by atoms with Crippen LogP contribution in [0.25, 0.3) is 0 Å². The van der Waals surface area contributed by atoms with Crippen molar-refractivity contribution in [2.45, 2.75) is 12.6 Å². The first-order valence-electron chi connectivity index (χ1n) is 4.27. The molecule has 1 aromatic carbocycles. The SMILES string of the molecule is COc1cc(C(=O)CC(F)(F)F)ccc1Cl. The lowest BCUT2D eigenvalue weighted by atomic mass is 10.1. The van der Waals surface area contributed by atoms with Crippen LogP contribution in [-0.2, 0) is 0 Å². The maximum absolute atomic E-state index is 12.0. The second kappa shape index (κ2) is 4.74. The molecule has 0 saturated carbocycles. The fourth-order valence-electron chi connectivity index (χ4n) is 1.12. The third kappa shape index (κ3) is 3.41. The Labute approximate surface area is 95.0 Å². The first kappa shape index (κ1) is 12.8. The number of alkyl halides is 3. The summed E-state index contributed by atoms with van der Waals surface area (Å²) in [6, 6.07) is 3.75. The highest BCUT2D eigenvalue weighted by Gasteiger charge is 2.31. The van der Waals surface area contributed by atoms with Crippen LogP contribution >= 0.6 is 11.6 Å². The average Bonchev–Trinajstić information content (AvgIpc) is 2.15. The van der Waals surface area contributed by atoms with E-state index in [9.17, 15) is 18.0 Å². The zero-order chi connectivity index (χ0) is 12.3. The Morgan fingerprint density at radius 3 is 2.56 bits per heavy atom. The van der Waals surface area contributed by atoms with Gasteiger partial charge < -0.3 is 4.74 Å². The molecule has 6 heteroatoms. The molecule has 0 N–H and O–H groups in total. The number of benzene rings is 1. The standard InChI is InChI=1S/C10H8ClF3O2/c1-16-9-4-6(2-3-7(9)11)8(15)5-10(12,13)14/h2-4H,5H2,1H3. The van der Waals surface area contributed by atoms with Crippen molar-refractivity contribution in [1.29, 1.82) is 0 Å². The molecule has 0 saturated heterocycles. The number of ether oxygens (including phenoxy) is 1. The molecule has 0 spiro atoms. The van der Waals surface area contributed by atoms with Crippen LogP contribution in [0, 0.1) is 0 Å². The van der Waals surface area contributed by atoms with E-state index in [1.807, 2.05) is 0 Å². The number of hydrogen-bond acceptors (Lipinski definition) is 2. The molecule has 0 fully saturated rings. The molecule has 0 aliphatic carbocycles. The van der Waals surface area contributed by atoms with Gasteiger partial charge in [0.05, 0.1) is 12.1 Å². The summed E-state index contributed by atoms with van der Waals surface area (Å²) < 4.78 is 40.7. The van der Waals surface area contributed by atoms with Gasteiger partial charge in [0.25, 0.3) is 0 Å². The molecule has 88 valence electrons. The molecule has 0 unspecified atom stereocenters. The number of carbonyl (C=O) groups excluding carboxylic acids is 1. The summed E-state index contributed by atoms with van der Waals surface area (Å²) in [5.74, 6) is -0.836. The number of hydrogen-bond donors (Lipinski definition) is 0. The van der Waals surface area contributed by atoms with Crippen molar-refractivity contribution in [3.8, 4) is 5.75 Å². The van der Waals surface area contributed by atoms with Crippen LogP contribution in [0.3, 0.4) is 0 Å². The molecule has 0 aromatic heterocycles. The fraction of sp³-hybridized carbons (Fsp3) is 0.300. The predicted octanol–water partition coefficient (Wildman–Crippen LogP) is 3.48. The summed E-state index contributed by atoms with van der Waals surface area (Å²) in [7, 11) is 1.32. The minimum absolute atomic E-state index is 0.0708. The van der Waals surface area contributed by atoms with E-state index < -0.39 is 18.4 Å². The molecule has 0 amide bonds. The van der Waals surface area contributed by atoms with Gasteiger partial charge in [-0.2, -0.15) is 13.2 Å². The van der Waals surface area contributed by atoms with E-state index in [0.29, 0.717) is 0 Å². The van der Waals surface area contributed by atoms with Crippen LogP contribution in [0.4, 0.5) is 13.2 Å². The Kier molecular flexibility index (Phi) is 3.80. The lowest BCUT2D eigenvalue weighted by Crippen LogP contribution is -2.15. The van der Waals surface area contributed by atoms with E-state index in [4.69, 9.17) is 16.3 Å². The maximum Gasteiger partial charge on any atom is 0.396 e. The van der Waals surface area contributed by atoms with Gasteiger partial charge in [0, 0.05) is 5.56 Å². The lowest BCUT2D eigenvalue weighted by molar-refractivity contribution is -0.125. The van der Waals surface area contributed by atoms with Gasteiger partial charge in [-0.15, -0.1) is 0 Å². The van der Waals surface area contributed by atoms with Crippen LogP contribution in [0.15, 0.2) is 18.2 Å². The number of methoxy groups -OCH3 is 1. The van der Waals surface area contributed by atoms with Crippen molar-refractivity contribution in [2.24, 2.45) is 0 Å². The summed E-state index contributed by atoms with van der Waals surface area (Å²) in [5.41, 5.74) is -0.0708. The smallest absolute Gasteiger partial charge is 0.396 e. The van der Waals surface area contributed by atoms with Crippen molar-refractivity contribution < 1.29 is 22.7 Å². The number of ketones is 1. The molecule has 0 aliphatic rings. The maximum atomic E-state index is 12.0. The van der Waals surface area contributed by atoms with Gasteiger partial charge in [0.1, 0.15) is 12.2 Å². The zero-order valence-electron chi connectivity index (χ0n) is 8.27. The van der Waals surface area contributed by atoms with Crippen molar-refractivity contribution in [3.63, 3.8) is 0 Å². The third-order valence-corrected chi connectivity index (χ3v) is 2.15. The molecule has 0 bridgehead atoms. The molecule has 0 atom stereocenters. The minimum atomic E-state index is -4.51. The van der Waals surface area contributed by atoms with Crippen molar-refractivity contribution in [1.82, 2.24) is 0 Å². The second-order valence-electron chi connectivity index (χ2n) is 3.06. The summed E-state index contributed by atoms with van der Waals surface area (Å²) >= 11 is 5.68. The normalized spacial score (nSPS) is 11.3. The van der Waals surface area contributed by atoms with Crippen LogP contribution in [0.5, 0.6) is 5.75 Å². The summed E-state index contributed by atoms with van der Waals surface area (Å²) in [5, 5.41) is 0.242. The number of carbonyl (C=O) groups is 1. The summed E-state index contributed by atoms with van der Waals surface area (Å²) in [4.78, 5) is 11.2. The topological polar surface area (TPSA) is 26.3 Å². The monoisotopic (exact) mass is 252 g/mol. The molecule has 0 heterocycles. The van der Waals surface area contributed by atoms with Gasteiger partial charge in [0.2, 0.25) is 0 Å². The van der Waals surface area contributed by atoms with E-state index in [1.54, 1.807) is 0 Å². The molecule has 0 aliphatic heterocycles. The van der Waals surface area contributed by atoms with Gasteiger partial charge in [-0.25, -0.2) is 0 Å². The second-order valence-corrected chi connectivity index (χ2v) is 3.47. The zero-order valence-corrected chi connectivity index (χ0v) is 9.02. The van der Waals surface area contributed by atoms with E-state index in [0.717, 1.165) is 0 Å². The highest BCUT2D eigenvalue weighted by molar-refractivity contribution is 6.32. The Balaban J connectivity index is 2.93. The Morgan fingerprint density at radius 2 is 2.06 bits per heavy atom. The Hall–Kier alpha value is -1.23. The van der Waals surface area contributed by atoms with E-state index in [1.165, 1.54) is 25.3 Å². The average molecular weight is 253 g/mol. The van der Waals surface area contributed by atoms with Gasteiger partial charge in [0.15, 0.2) is 5.78 Å². The van der Waals surface area contributed by atoms with E-state index >= 15 is 0 Å². The number of rotatable bonds is 3. The first-order chi connectivity index (χ1) is 7.33. The summed E-state index contributed by atoms with van der Waals surface area (Å²) in [6.45, 7) is 0. The molecular weight excluding hydrogens is 245 g/mol. The van der Waals surface area contributed by atoms with Crippen LogP contribution in [0.2, 0.25) is 5.02 Å². The summed E-state index contributed by atoms with van der Waals surface area (Å²) in [6.07, 6.45) is -6.00. The van der Waals surface area contributed by atoms with Gasteiger partial charge in [-0.05, 0) is 18.2 Å². The number of halogens is 4. The minimum Gasteiger partial charge on any atom is -0.495 e. The Morgan fingerprint density at radius 1 is 1.44 bits per heavy atom. The highest BCUT2D eigenvalue weighted by Crippen LogP contribution is 2.27. The lowest BCUT2D eigenvalue weighted by Gasteiger charge is -2.07. The molecule has 1 rings (SSSR count). The number of Topliss-reactive ketones (excluding diaryl/α,β-unsaturated/α-hetero) is 1. The van der Waals surface area contributed by atoms with Gasteiger partial charge in [-0.1, -0.05) is 11.6 Å². The van der Waals surface area contributed by atoms with Crippen LogP contribution < -0.4 is 4.74 Å². The molecule has 0 radical (unpaired) electrons. The van der Waals surface area contributed by atoms with Crippen molar-refractivity contribution in [3.05, 3.63) is 28.8 Å². The van der Waals surface area contributed by atoms with E-state index in [2.05, 4.69) is 0 Å². The largest absolute Gasteiger partial charge is 0.495 e. The fourth-order valence-corrected chi connectivity index (χ4v) is 1.31. The quantitative estimate of drug-likeness (QED) is 0.770. The van der Waals surface area contributed by atoms with Gasteiger partial charge >= 0.3 is 6.18 Å². The van der Waals surface area contributed by atoms with Crippen LogP contribution in [0.1, 0.15) is 16.8 Å². The van der Waals surface area contributed by atoms with E-state index in [-0.39, 0.29) is 16.3 Å². The van der Waals surface area contributed by atoms with Crippen molar-refractivity contribution in [2.75, 3.05) is 7.11 Å². The molecule has 2 nitrogen and oxygen atoms in total. The Bertz CT molecular complexity index is 402. The van der Waals surface area contributed by atoms with Crippen LogP contribution in [-0.4, -0.2) is 19.1 Å². The van der Waals surface area contributed by atoms with Crippen molar-refractivity contribution >= 4 is 17.4 Å².